The van der Waals surface area contributed by atoms with E-state index in [4.69, 9.17) is 9.73 Å². The molecule has 1 aliphatic carbocycles. The number of rotatable bonds is 12. The summed E-state index contributed by atoms with van der Waals surface area (Å²) in [5, 5.41) is 6.37. The van der Waals surface area contributed by atoms with Crippen molar-refractivity contribution in [3.63, 3.8) is 0 Å². The van der Waals surface area contributed by atoms with Gasteiger partial charge in [-0.15, -0.1) is 24.0 Å². The number of ether oxygens (including phenoxy) is 2. The summed E-state index contributed by atoms with van der Waals surface area (Å²) in [7, 11) is 0. The number of aliphatic imine (C=N–C) groups is 1. The van der Waals surface area contributed by atoms with Crippen LogP contribution in [0.1, 0.15) is 52.4 Å². The van der Waals surface area contributed by atoms with Crippen molar-refractivity contribution in [2.24, 2.45) is 10.4 Å². The molecule has 27 heavy (non-hydrogen) atoms. The molecule has 1 aliphatic rings. The molecule has 1 rings (SSSR count). The van der Waals surface area contributed by atoms with Crippen LogP contribution in [-0.4, -0.2) is 58.2 Å². The van der Waals surface area contributed by atoms with Crippen LogP contribution in [0.3, 0.4) is 0 Å². The Labute approximate surface area is 178 Å². The first kappa shape index (κ1) is 26.7. The second kappa shape index (κ2) is 14.7. The highest BCUT2D eigenvalue weighted by Gasteiger charge is 2.33. The predicted molar refractivity (Wildman–Crippen MR) is 113 cm³/mol. The van der Waals surface area contributed by atoms with Crippen LogP contribution < -0.4 is 10.6 Å². The molecule has 0 amide bonds. The first-order chi connectivity index (χ1) is 12.4. The van der Waals surface area contributed by atoms with Crippen molar-refractivity contribution in [3.8, 4) is 0 Å². The van der Waals surface area contributed by atoms with Crippen molar-refractivity contribution in [2.45, 2.75) is 58.5 Å². The highest BCUT2D eigenvalue weighted by molar-refractivity contribution is 14.0. The fourth-order valence-electron chi connectivity index (χ4n) is 3.20. The van der Waals surface area contributed by atoms with Gasteiger partial charge >= 0.3 is 6.18 Å². The Balaban J connectivity index is 0.00000676. The smallest absolute Gasteiger partial charge is 0.382 e. The lowest BCUT2D eigenvalue weighted by atomic mass is 9.83. The number of hydrogen-bond acceptors (Lipinski definition) is 3. The molecule has 2 N–H and O–H groups in total. The molecule has 162 valence electrons. The van der Waals surface area contributed by atoms with E-state index >= 15 is 0 Å². The zero-order valence-corrected chi connectivity index (χ0v) is 18.8. The quantitative estimate of drug-likeness (QED) is 0.180. The average Bonchev–Trinajstić information content (AvgIpc) is 3.04. The maximum atomic E-state index is 12.0. The lowest BCUT2D eigenvalue weighted by molar-refractivity contribution is -0.173. The van der Waals surface area contributed by atoms with Gasteiger partial charge in [0.05, 0.1) is 0 Å². The van der Waals surface area contributed by atoms with Gasteiger partial charge in [0, 0.05) is 39.5 Å². The SMILES string of the molecule is CCNC(=NCC1(CCOCC)CCCC1)NCCCOCC(F)(F)F.I. The largest absolute Gasteiger partial charge is 0.411 e. The van der Waals surface area contributed by atoms with Gasteiger partial charge in [0.15, 0.2) is 5.96 Å². The first-order valence-electron chi connectivity index (χ1n) is 9.65. The molecule has 1 fully saturated rings. The van der Waals surface area contributed by atoms with E-state index in [9.17, 15) is 13.2 Å². The minimum Gasteiger partial charge on any atom is -0.382 e. The van der Waals surface area contributed by atoms with Crippen LogP contribution in [0.5, 0.6) is 0 Å². The van der Waals surface area contributed by atoms with Crippen LogP contribution in [0.2, 0.25) is 0 Å². The summed E-state index contributed by atoms with van der Waals surface area (Å²) in [6.45, 7) is 6.40. The summed E-state index contributed by atoms with van der Waals surface area (Å²) < 4.78 is 46.2. The molecule has 0 aliphatic heterocycles. The van der Waals surface area contributed by atoms with Crippen LogP contribution in [0.15, 0.2) is 4.99 Å². The van der Waals surface area contributed by atoms with Crippen molar-refractivity contribution in [1.82, 2.24) is 10.6 Å². The topological polar surface area (TPSA) is 54.9 Å². The van der Waals surface area contributed by atoms with Gasteiger partial charge < -0.3 is 20.1 Å². The third-order valence-corrected chi connectivity index (χ3v) is 4.59. The molecule has 0 bridgehead atoms. The summed E-state index contributed by atoms with van der Waals surface area (Å²) in [6, 6.07) is 0. The summed E-state index contributed by atoms with van der Waals surface area (Å²) in [6.07, 6.45) is 2.08. The van der Waals surface area contributed by atoms with Gasteiger partial charge in [0.1, 0.15) is 6.61 Å². The molecule has 0 unspecified atom stereocenters. The molecule has 5 nitrogen and oxygen atoms in total. The molecular weight excluding hydrogens is 474 g/mol. The van der Waals surface area contributed by atoms with E-state index in [1.165, 1.54) is 25.7 Å². The predicted octanol–water partition coefficient (Wildman–Crippen LogP) is 4.12. The first-order valence-corrected chi connectivity index (χ1v) is 9.65. The molecule has 0 heterocycles. The number of nitrogens with one attached hydrogen (secondary N) is 2. The molecule has 0 spiro atoms. The third-order valence-electron chi connectivity index (χ3n) is 4.59. The summed E-state index contributed by atoms with van der Waals surface area (Å²) >= 11 is 0. The van der Waals surface area contributed by atoms with Crippen molar-refractivity contribution in [2.75, 3.05) is 46.1 Å². The van der Waals surface area contributed by atoms with Crippen molar-refractivity contribution in [3.05, 3.63) is 0 Å². The molecule has 0 saturated heterocycles. The lowest BCUT2D eigenvalue weighted by Gasteiger charge is -2.27. The molecular formula is C18H35F3IN3O2. The average molecular weight is 509 g/mol. The third kappa shape index (κ3) is 12.7. The van der Waals surface area contributed by atoms with Gasteiger partial charge in [0.25, 0.3) is 0 Å². The Kier molecular flexibility index (Phi) is 14.5. The Hall–Kier alpha value is -0.290. The Morgan fingerprint density at radius 1 is 1.07 bits per heavy atom. The fourth-order valence-corrected chi connectivity index (χ4v) is 3.20. The Morgan fingerprint density at radius 2 is 1.78 bits per heavy atom. The highest BCUT2D eigenvalue weighted by atomic mass is 127. The Morgan fingerprint density at radius 3 is 2.37 bits per heavy atom. The number of guanidine groups is 1. The highest BCUT2D eigenvalue weighted by Crippen LogP contribution is 2.41. The van der Waals surface area contributed by atoms with Gasteiger partial charge in [-0.1, -0.05) is 12.8 Å². The lowest BCUT2D eigenvalue weighted by Crippen LogP contribution is -2.39. The van der Waals surface area contributed by atoms with Crippen LogP contribution in [0.25, 0.3) is 0 Å². The molecule has 9 heteroatoms. The standard InChI is InChI=1S/C18H34F3N3O2.HI/c1-3-22-16(23-11-7-12-26-15-18(19,20)21)24-14-17(8-5-6-9-17)10-13-25-4-2;/h3-15H2,1-2H3,(H2,22,23,24);1H. The summed E-state index contributed by atoms with van der Waals surface area (Å²) in [4.78, 5) is 4.72. The summed E-state index contributed by atoms with van der Waals surface area (Å²) in [5.74, 6) is 0.714. The second-order valence-electron chi connectivity index (χ2n) is 6.80. The molecule has 0 radical (unpaired) electrons. The number of halogens is 4. The van der Waals surface area contributed by atoms with Gasteiger partial charge in [-0.2, -0.15) is 13.2 Å². The van der Waals surface area contributed by atoms with Crippen LogP contribution in [-0.2, 0) is 9.47 Å². The summed E-state index contributed by atoms with van der Waals surface area (Å²) in [5.41, 5.74) is 0.216. The maximum Gasteiger partial charge on any atom is 0.411 e. The molecule has 0 aromatic heterocycles. The van der Waals surface area contributed by atoms with Crippen LogP contribution in [0, 0.1) is 5.41 Å². The minimum absolute atomic E-state index is 0. The van der Waals surface area contributed by atoms with E-state index in [1.54, 1.807) is 0 Å². The van der Waals surface area contributed by atoms with Gasteiger partial charge in [-0.25, -0.2) is 0 Å². The zero-order chi connectivity index (χ0) is 19.3. The number of alkyl halides is 3. The normalized spacial score (nSPS) is 16.9. The Bertz CT molecular complexity index is 404. The van der Waals surface area contributed by atoms with Crippen molar-refractivity contribution < 1.29 is 22.6 Å². The molecule has 1 saturated carbocycles. The molecule has 0 atom stereocenters. The van der Waals surface area contributed by atoms with Crippen LogP contribution in [0.4, 0.5) is 13.2 Å². The van der Waals surface area contributed by atoms with Crippen molar-refractivity contribution in [1.29, 1.82) is 0 Å². The van der Waals surface area contributed by atoms with E-state index in [0.717, 1.165) is 32.7 Å². The van der Waals surface area contributed by atoms with Gasteiger partial charge in [-0.3, -0.25) is 4.99 Å². The fraction of sp³-hybridized carbons (Fsp3) is 0.944. The maximum absolute atomic E-state index is 12.0. The van der Waals surface area contributed by atoms with E-state index in [1.807, 2.05) is 13.8 Å². The number of hydrogen-bond donors (Lipinski definition) is 2. The van der Waals surface area contributed by atoms with E-state index in [2.05, 4.69) is 15.4 Å². The van der Waals surface area contributed by atoms with E-state index in [0.29, 0.717) is 18.9 Å². The van der Waals surface area contributed by atoms with Gasteiger partial charge in [0.2, 0.25) is 0 Å². The monoisotopic (exact) mass is 509 g/mol. The van der Waals surface area contributed by atoms with Crippen LogP contribution >= 0.6 is 24.0 Å². The minimum atomic E-state index is -4.26. The van der Waals surface area contributed by atoms with E-state index in [-0.39, 0.29) is 36.0 Å². The molecule has 0 aromatic rings. The number of nitrogens with zero attached hydrogens (tertiary/aromatic N) is 1. The zero-order valence-electron chi connectivity index (χ0n) is 16.5. The van der Waals surface area contributed by atoms with Gasteiger partial charge in [-0.05, 0) is 44.9 Å². The van der Waals surface area contributed by atoms with E-state index < -0.39 is 12.8 Å². The molecule has 0 aromatic carbocycles. The second-order valence-corrected chi connectivity index (χ2v) is 6.80. The van der Waals surface area contributed by atoms with Crippen molar-refractivity contribution >= 4 is 29.9 Å².